The fourth-order valence-corrected chi connectivity index (χ4v) is 3.65. The molecule has 2 aromatic rings. The van der Waals surface area contributed by atoms with Gasteiger partial charge >= 0.3 is 5.97 Å². The SMILES string of the molecule is CCCCCCCCCCc1cccc(-c2c[nH]c(C(=O)OCC)c2F)c1C. The van der Waals surface area contributed by atoms with Crippen molar-refractivity contribution in [2.75, 3.05) is 6.61 Å². The molecule has 0 unspecified atom stereocenters. The van der Waals surface area contributed by atoms with Crippen LogP contribution in [0.2, 0.25) is 0 Å². The second kappa shape index (κ2) is 11.7. The zero-order valence-electron chi connectivity index (χ0n) is 17.6. The highest BCUT2D eigenvalue weighted by Gasteiger charge is 2.21. The van der Waals surface area contributed by atoms with Crippen LogP contribution in [0.3, 0.4) is 0 Å². The Labute approximate surface area is 168 Å². The maximum atomic E-state index is 14.8. The number of carbonyl (C=O) groups excluding carboxylic acids is 1. The van der Waals surface area contributed by atoms with E-state index < -0.39 is 11.8 Å². The maximum absolute atomic E-state index is 14.8. The van der Waals surface area contributed by atoms with Gasteiger partial charge in [-0.15, -0.1) is 0 Å². The lowest BCUT2D eigenvalue weighted by Gasteiger charge is -2.11. The van der Waals surface area contributed by atoms with E-state index in [1.165, 1.54) is 50.5 Å². The summed E-state index contributed by atoms with van der Waals surface area (Å²) in [5, 5.41) is 0. The lowest BCUT2D eigenvalue weighted by molar-refractivity contribution is 0.0515. The van der Waals surface area contributed by atoms with Crippen molar-refractivity contribution in [1.29, 1.82) is 0 Å². The number of nitrogens with one attached hydrogen (secondary N) is 1. The number of unbranched alkanes of at least 4 members (excludes halogenated alkanes) is 7. The van der Waals surface area contributed by atoms with Gasteiger partial charge in [0, 0.05) is 11.8 Å². The first-order valence-corrected chi connectivity index (χ1v) is 10.7. The van der Waals surface area contributed by atoms with Gasteiger partial charge in [-0.1, -0.05) is 70.1 Å². The fraction of sp³-hybridized carbons (Fsp3) is 0.542. The van der Waals surface area contributed by atoms with Gasteiger partial charge in [0.1, 0.15) is 0 Å². The molecule has 1 heterocycles. The molecule has 3 nitrogen and oxygen atoms in total. The molecule has 0 aliphatic rings. The summed E-state index contributed by atoms with van der Waals surface area (Å²) in [5.41, 5.74) is 3.49. The van der Waals surface area contributed by atoms with E-state index in [2.05, 4.69) is 18.0 Å². The van der Waals surface area contributed by atoms with E-state index in [0.717, 1.165) is 24.0 Å². The number of H-pyrrole nitrogens is 1. The summed E-state index contributed by atoms with van der Waals surface area (Å²) in [6, 6.07) is 6.00. The molecule has 0 aliphatic heterocycles. The molecule has 0 atom stereocenters. The van der Waals surface area contributed by atoms with Crippen LogP contribution in [0.4, 0.5) is 4.39 Å². The molecule has 1 aromatic carbocycles. The van der Waals surface area contributed by atoms with Crippen LogP contribution in [0.1, 0.15) is 86.8 Å². The largest absolute Gasteiger partial charge is 0.461 e. The van der Waals surface area contributed by atoms with Gasteiger partial charge in [-0.3, -0.25) is 0 Å². The third-order valence-corrected chi connectivity index (χ3v) is 5.33. The predicted molar refractivity (Wildman–Crippen MR) is 113 cm³/mol. The van der Waals surface area contributed by atoms with Crippen molar-refractivity contribution in [3.63, 3.8) is 0 Å². The normalized spacial score (nSPS) is 11.0. The number of hydrogen-bond donors (Lipinski definition) is 1. The molecule has 4 heteroatoms. The van der Waals surface area contributed by atoms with E-state index in [1.807, 2.05) is 19.1 Å². The van der Waals surface area contributed by atoms with Crippen LogP contribution in [-0.2, 0) is 11.2 Å². The maximum Gasteiger partial charge on any atom is 0.357 e. The summed E-state index contributed by atoms with van der Waals surface area (Å²) >= 11 is 0. The van der Waals surface area contributed by atoms with Crippen molar-refractivity contribution in [2.24, 2.45) is 0 Å². The summed E-state index contributed by atoms with van der Waals surface area (Å²) in [7, 11) is 0. The van der Waals surface area contributed by atoms with E-state index in [-0.39, 0.29) is 12.3 Å². The highest BCUT2D eigenvalue weighted by molar-refractivity contribution is 5.90. The summed E-state index contributed by atoms with van der Waals surface area (Å²) < 4.78 is 19.7. The van der Waals surface area contributed by atoms with Gasteiger partial charge in [0.2, 0.25) is 0 Å². The average Bonchev–Trinajstić information content (AvgIpc) is 3.06. The van der Waals surface area contributed by atoms with Crippen LogP contribution < -0.4 is 0 Å². The molecule has 1 aromatic heterocycles. The fourth-order valence-electron chi connectivity index (χ4n) is 3.65. The Morgan fingerprint density at radius 1 is 1.00 bits per heavy atom. The van der Waals surface area contributed by atoms with E-state index >= 15 is 0 Å². The second-order valence-corrected chi connectivity index (χ2v) is 7.43. The zero-order valence-corrected chi connectivity index (χ0v) is 17.6. The van der Waals surface area contributed by atoms with Gasteiger partial charge in [0.25, 0.3) is 0 Å². The molecule has 0 saturated carbocycles. The van der Waals surface area contributed by atoms with Crippen molar-refractivity contribution in [3.05, 3.63) is 47.0 Å². The van der Waals surface area contributed by atoms with Crippen molar-refractivity contribution in [3.8, 4) is 11.1 Å². The molecule has 0 aliphatic carbocycles. The third kappa shape index (κ3) is 5.95. The number of aromatic nitrogens is 1. The van der Waals surface area contributed by atoms with Crippen molar-refractivity contribution in [1.82, 2.24) is 4.98 Å². The quantitative estimate of drug-likeness (QED) is 0.315. The summed E-state index contributed by atoms with van der Waals surface area (Å²) in [5.74, 6) is -1.19. The van der Waals surface area contributed by atoms with Crippen LogP contribution in [0, 0.1) is 12.7 Å². The number of aryl methyl sites for hydroxylation is 1. The number of rotatable bonds is 12. The van der Waals surface area contributed by atoms with E-state index in [4.69, 9.17) is 4.74 Å². The lowest BCUT2D eigenvalue weighted by atomic mass is 9.94. The molecule has 0 spiro atoms. The topological polar surface area (TPSA) is 42.1 Å². The minimum atomic E-state index is -0.654. The first kappa shape index (κ1) is 22.2. The molecule has 2 rings (SSSR count). The highest BCUT2D eigenvalue weighted by atomic mass is 19.1. The molecular formula is C24H34FNO2. The van der Waals surface area contributed by atoms with Crippen molar-refractivity contribution in [2.45, 2.75) is 78.6 Å². The van der Waals surface area contributed by atoms with Crippen LogP contribution in [0.25, 0.3) is 11.1 Å². The minimum absolute atomic E-state index is 0.107. The van der Waals surface area contributed by atoms with Gasteiger partial charge < -0.3 is 9.72 Å². The van der Waals surface area contributed by atoms with E-state index in [1.54, 1.807) is 13.1 Å². The van der Waals surface area contributed by atoms with Crippen molar-refractivity contribution >= 4 is 5.97 Å². The number of hydrogen-bond acceptors (Lipinski definition) is 2. The first-order valence-electron chi connectivity index (χ1n) is 10.7. The Hall–Kier alpha value is -2.10. The molecule has 1 N–H and O–H groups in total. The molecular weight excluding hydrogens is 353 g/mol. The van der Waals surface area contributed by atoms with Gasteiger partial charge in [-0.2, -0.15) is 0 Å². The summed E-state index contributed by atoms with van der Waals surface area (Å²) in [6.45, 7) is 6.21. The number of carbonyl (C=O) groups is 1. The van der Waals surface area contributed by atoms with Gasteiger partial charge in [0.05, 0.1) is 6.61 Å². The molecule has 0 fully saturated rings. The number of aromatic amines is 1. The Morgan fingerprint density at radius 2 is 1.68 bits per heavy atom. The molecule has 0 saturated heterocycles. The number of benzene rings is 1. The monoisotopic (exact) mass is 387 g/mol. The average molecular weight is 388 g/mol. The molecule has 0 radical (unpaired) electrons. The van der Waals surface area contributed by atoms with E-state index in [0.29, 0.717) is 5.56 Å². The Bertz CT molecular complexity index is 751. The third-order valence-electron chi connectivity index (χ3n) is 5.33. The van der Waals surface area contributed by atoms with Crippen LogP contribution >= 0.6 is 0 Å². The van der Waals surface area contributed by atoms with Gasteiger partial charge in [-0.25, -0.2) is 9.18 Å². The molecule has 28 heavy (non-hydrogen) atoms. The standard InChI is InChI=1S/C24H34FNO2/c1-4-6-7-8-9-10-11-12-14-19-15-13-16-20(18(19)3)21-17-26-23(22(21)25)24(27)28-5-2/h13,15-17,26H,4-12,14H2,1-3H3. The lowest BCUT2D eigenvalue weighted by Crippen LogP contribution is -2.07. The number of ether oxygens (including phenoxy) is 1. The number of esters is 1. The van der Waals surface area contributed by atoms with E-state index in [9.17, 15) is 9.18 Å². The second-order valence-electron chi connectivity index (χ2n) is 7.43. The Balaban J connectivity index is 1.97. The zero-order chi connectivity index (χ0) is 20.4. The predicted octanol–water partition coefficient (Wildman–Crippen LogP) is 6.99. The van der Waals surface area contributed by atoms with Crippen LogP contribution in [-0.4, -0.2) is 17.6 Å². The summed E-state index contributed by atoms with van der Waals surface area (Å²) in [6.07, 6.45) is 12.9. The van der Waals surface area contributed by atoms with Gasteiger partial charge in [-0.05, 0) is 43.4 Å². The molecule has 154 valence electrons. The van der Waals surface area contributed by atoms with Crippen LogP contribution in [0.5, 0.6) is 0 Å². The summed E-state index contributed by atoms with van der Waals surface area (Å²) in [4.78, 5) is 14.6. The first-order chi connectivity index (χ1) is 13.6. The van der Waals surface area contributed by atoms with Crippen molar-refractivity contribution < 1.29 is 13.9 Å². The minimum Gasteiger partial charge on any atom is -0.461 e. The highest BCUT2D eigenvalue weighted by Crippen LogP contribution is 2.30. The molecule has 0 amide bonds. The Morgan fingerprint density at radius 3 is 2.36 bits per heavy atom. The smallest absolute Gasteiger partial charge is 0.357 e. The molecule has 0 bridgehead atoms. The number of halogens is 1. The van der Waals surface area contributed by atoms with Crippen LogP contribution in [0.15, 0.2) is 24.4 Å². The van der Waals surface area contributed by atoms with Gasteiger partial charge in [0.15, 0.2) is 11.5 Å². The Kier molecular flexibility index (Phi) is 9.26.